The van der Waals surface area contributed by atoms with Crippen LogP contribution in [0, 0.1) is 0 Å². The fourth-order valence-electron chi connectivity index (χ4n) is 3.36. The zero-order chi connectivity index (χ0) is 13.6. The van der Waals surface area contributed by atoms with Crippen molar-refractivity contribution in [2.24, 2.45) is 0 Å². The SMILES string of the molecule is O=C1Nc2ccccc2C12CN(Cc1ccccc1)C2. The van der Waals surface area contributed by atoms with Crippen LogP contribution in [0.4, 0.5) is 5.69 Å². The van der Waals surface area contributed by atoms with Gasteiger partial charge in [0.1, 0.15) is 5.41 Å². The summed E-state index contributed by atoms with van der Waals surface area (Å²) in [7, 11) is 0. The van der Waals surface area contributed by atoms with Crippen LogP contribution < -0.4 is 5.32 Å². The highest BCUT2D eigenvalue weighted by molar-refractivity contribution is 6.07. The molecule has 1 amide bonds. The molecule has 1 spiro atoms. The highest BCUT2D eigenvalue weighted by Gasteiger charge is 2.54. The topological polar surface area (TPSA) is 32.3 Å². The van der Waals surface area contributed by atoms with Gasteiger partial charge in [-0.3, -0.25) is 9.69 Å². The lowest BCUT2D eigenvalue weighted by atomic mass is 9.74. The minimum atomic E-state index is -0.314. The molecule has 0 unspecified atom stereocenters. The number of rotatable bonds is 2. The highest BCUT2D eigenvalue weighted by atomic mass is 16.2. The van der Waals surface area contributed by atoms with E-state index in [4.69, 9.17) is 0 Å². The zero-order valence-corrected chi connectivity index (χ0v) is 11.2. The molecule has 2 aliphatic rings. The number of fused-ring (bicyclic) bond motifs is 2. The van der Waals surface area contributed by atoms with Crippen LogP contribution in [0.1, 0.15) is 11.1 Å². The fraction of sp³-hybridized carbons (Fsp3) is 0.235. The number of nitrogens with one attached hydrogen (secondary N) is 1. The summed E-state index contributed by atoms with van der Waals surface area (Å²) in [5, 5.41) is 3.01. The molecule has 1 saturated heterocycles. The van der Waals surface area contributed by atoms with Crippen LogP contribution in [0.15, 0.2) is 54.6 Å². The van der Waals surface area contributed by atoms with E-state index in [1.165, 1.54) is 5.56 Å². The predicted molar refractivity (Wildman–Crippen MR) is 78.5 cm³/mol. The summed E-state index contributed by atoms with van der Waals surface area (Å²) in [6.07, 6.45) is 0. The van der Waals surface area contributed by atoms with Crippen molar-refractivity contribution in [2.75, 3.05) is 18.4 Å². The van der Waals surface area contributed by atoms with E-state index in [2.05, 4.69) is 40.5 Å². The minimum absolute atomic E-state index is 0.156. The third-order valence-corrected chi connectivity index (χ3v) is 4.36. The molecular formula is C17H16N2O. The number of anilines is 1. The van der Waals surface area contributed by atoms with Crippen LogP contribution in [0.25, 0.3) is 0 Å². The van der Waals surface area contributed by atoms with Crippen LogP contribution in [-0.2, 0) is 16.8 Å². The van der Waals surface area contributed by atoms with Crippen molar-refractivity contribution in [3.05, 3.63) is 65.7 Å². The average molecular weight is 264 g/mol. The molecule has 2 aliphatic heterocycles. The molecule has 0 atom stereocenters. The standard InChI is InChI=1S/C17H16N2O/c20-16-17(14-8-4-5-9-15(14)18-16)11-19(12-17)10-13-6-2-1-3-7-13/h1-9H,10-12H2,(H,18,20). The maximum Gasteiger partial charge on any atom is 0.237 e. The predicted octanol–water partition coefficient (Wildman–Crippen LogP) is 2.39. The Kier molecular flexibility index (Phi) is 2.44. The van der Waals surface area contributed by atoms with Crippen molar-refractivity contribution >= 4 is 11.6 Å². The van der Waals surface area contributed by atoms with E-state index < -0.39 is 0 Å². The number of likely N-dealkylation sites (tertiary alicyclic amines) is 1. The van der Waals surface area contributed by atoms with Crippen LogP contribution in [0.3, 0.4) is 0 Å². The molecule has 2 heterocycles. The molecule has 2 aromatic carbocycles. The molecule has 0 aliphatic carbocycles. The van der Waals surface area contributed by atoms with Gasteiger partial charge >= 0.3 is 0 Å². The molecule has 0 bridgehead atoms. The smallest absolute Gasteiger partial charge is 0.237 e. The van der Waals surface area contributed by atoms with Crippen molar-refractivity contribution in [3.8, 4) is 0 Å². The van der Waals surface area contributed by atoms with Crippen molar-refractivity contribution in [3.63, 3.8) is 0 Å². The molecule has 100 valence electrons. The summed E-state index contributed by atoms with van der Waals surface area (Å²) in [5.74, 6) is 0.156. The first-order valence-electron chi connectivity index (χ1n) is 6.95. The first-order chi connectivity index (χ1) is 9.78. The van der Waals surface area contributed by atoms with Gasteiger partial charge in [0.25, 0.3) is 0 Å². The largest absolute Gasteiger partial charge is 0.325 e. The maximum atomic E-state index is 12.3. The van der Waals surface area contributed by atoms with E-state index in [1.807, 2.05) is 24.3 Å². The van der Waals surface area contributed by atoms with Gasteiger partial charge < -0.3 is 5.32 Å². The molecule has 0 aromatic heterocycles. The lowest BCUT2D eigenvalue weighted by Gasteiger charge is -2.46. The third-order valence-electron chi connectivity index (χ3n) is 4.36. The first-order valence-corrected chi connectivity index (χ1v) is 6.95. The molecule has 3 nitrogen and oxygen atoms in total. The quantitative estimate of drug-likeness (QED) is 0.903. The Morgan fingerprint density at radius 1 is 1.00 bits per heavy atom. The van der Waals surface area contributed by atoms with Gasteiger partial charge in [-0.25, -0.2) is 0 Å². The summed E-state index contributed by atoms with van der Waals surface area (Å²) in [6, 6.07) is 18.5. The zero-order valence-electron chi connectivity index (χ0n) is 11.2. The molecule has 2 aromatic rings. The Hall–Kier alpha value is -2.13. The molecule has 1 N–H and O–H groups in total. The number of carbonyl (C=O) groups excluding carboxylic acids is 1. The van der Waals surface area contributed by atoms with Gasteiger partial charge in [0.15, 0.2) is 0 Å². The van der Waals surface area contributed by atoms with E-state index in [0.29, 0.717) is 0 Å². The second-order valence-electron chi connectivity index (χ2n) is 5.71. The van der Waals surface area contributed by atoms with Crippen LogP contribution in [0.2, 0.25) is 0 Å². The Balaban J connectivity index is 1.54. The Bertz CT molecular complexity index is 660. The fourth-order valence-corrected chi connectivity index (χ4v) is 3.36. The van der Waals surface area contributed by atoms with E-state index in [1.54, 1.807) is 0 Å². The van der Waals surface area contributed by atoms with Gasteiger partial charge in [0.05, 0.1) is 0 Å². The van der Waals surface area contributed by atoms with Crippen molar-refractivity contribution in [1.29, 1.82) is 0 Å². The summed E-state index contributed by atoms with van der Waals surface area (Å²) in [4.78, 5) is 14.6. The van der Waals surface area contributed by atoms with Gasteiger partial charge in [0, 0.05) is 25.3 Å². The molecule has 4 rings (SSSR count). The number of benzene rings is 2. The first kappa shape index (κ1) is 11.7. The number of hydrogen-bond acceptors (Lipinski definition) is 2. The second-order valence-corrected chi connectivity index (χ2v) is 5.71. The molecule has 0 saturated carbocycles. The van der Waals surface area contributed by atoms with Crippen LogP contribution in [0.5, 0.6) is 0 Å². The summed E-state index contributed by atoms with van der Waals surface area (Å²) >= 11 is 0. The molecule has 20 heavy (non-hydrogen) atoms. The Morgan fingerprint density at radius 3 is 2.50 bits per heavy atom. The normalized spacial score (nSPS) is 19.5. The highest BCUT2D eigenvalue weighted by Crippen LogP contribution is 2.44. The summed E-state index contributed by atoms with van der Waals surface area (Å²) < 4.78 is 0. The second kappa shape index (κ2) is 4.18. The molecular weight excluding hydrogens is 248 g/mol. The van der Waals surface area contributed by atoms with Crippen molar-refractivity contribution < 1.29 is 4.79 Å². The number of hydrogen-bond donors (Lipinski definition) is 1. The van der Waals surface area contributed by atoms with E-state index in [9.17, 15) is 4.79 Å². The van der Waals surface area contributed by atoms with Gasteiger partial charge in [0.2, 0.25) is 5.91 Å². The van der Waals surface area contributed by atoms with Crippen molar-refractivity contribution in [1.82, 2.24) is 4.90 Å². The van der Waals surface area contributed by atoms with Gasteiger partial charge in [-0.2, -0.15) is 0 Å². The Morgan fingerprint density at radius 2 is 1.70 bits per heavy atom. The van der Waals surface area contributed by atoms with Crippen LogP contribution in [-0.4, -0.2) is 23.9 Å². The summed E-state index contributed by atoms with van der Waals surface area (Å²) in [5.41, 5.74) is 3.13. The minimum Gasteiger partial charge on any atom is -0.325 e. The Labute approximate surface area is 118 Å². The van der Waals surface area contributed by atoms with Gasteiger partial charge in [-0.1, -0.05) is 48.5 Å². The van der Waals surface area contributed by atoms with E-state index in [0.717, 1.165) is 30.9 Å². The number of amides is 1. The summed E-state index contributed by atoms with van der Waals surface area (Å²) in [6.45, 7) is 2.54. The monoisotopic (exact) mass is 264 g/mol. The maximum absolute atomic E-state index is 12.3. The lowest BCUT2D eigenvalue weighted by Crippen LogP contribution is -2.62. The number of para-hydroxylation sites is 1. The molecule has 3 heteroatoms. The van der Waals surface area contributed by atoms with E-state index in [-0.39, 0.29) is 11.3 Å². The van der Waals surface area contributed by atoms with E-state index >= 15 is 0 Å². The number of carbonyl (C=O) groups is 1. The molecule has 0 radical (unpaired) electrons. The third kappa shape index (κ3) is 1.60. The van der Waals surface area contributed by atoms with Gasteiger partial charge in [-0.15, -0.1) is 0 Å². The number of nitrogens with zero attached hydrogens (tertiary/aromatic N) is 1. The van der Waals surface area contributed by atoms with Gasteiger partial charge in [-0.05, 0) is 17.2 Å². The molecule has 1 fully saturated rings. The average Bonchev–Trinajstić information content (AvgIpc) is 2.73. The van der Waals surface area contributed by atoms with Crippen molar-refractivity contribution in [2.45, 2.75) is 12.0 Å². The lowest BCUT2D eigenvalue weighted by molar-refractivity contribution is -0.127. The van der Waals surface area contributed by atoms with Crippen LogP contribution >= 0.6 is 0 Å².